The lowest BCUT2D eigenvalue weighted by molar-refractivity contribution is -0.132. The molecule has 0 aliphatic carbocycles. The van der Waals surface area contributed by atoms with Crippen LogP contribution in [-0.2, 0) is 9.59 Å². The van der Waals surface area contributed by atoms with Crippen molar-refractivity contribution in [2.45, 2.75) is 13.8 Å². The maximum atomic E-state index is 12.4. The number of benzene rings is 2. The predicted octanol–water partition coefficient (Wildman–Crippen LogP) is 3.44. The molecule has 0 bridgehead atoms. The van der Waals surface area contributed by atoms with E-state index in [0.717, 1.165) is 0 Å². The molecule has 1 amide bonds. The lowest BCUT2D eigenvalue weighted by Gasteiger charge is -2.10. The molecule has 6 nitrogen and oxygen atoms in total. The van der Waals surface area contributed by atoms with Gasteiger partial charge in [-0.3, -0.25) is 14.4 Å². The van der Waals surface area contributed by atoms with Crippen molar-refractivity contribution in [3.63, 3.8) is 0 Å². The average molecular weight is 348 g/mol. The summed E-state index contributed by atoms with van der Waals surface area (Å²) < 4.78 is 9.92. The highest BCUT2D eigenvalue weighted by atomic mass is 35.5. The van der Waals surface area contributed by atoms with Gasteiger partial charge < -0.3 is 14.8 Å². The van der Waals surface area contributed by atoms with Crippen LogP contribution in [0.5, 0.6) is 11.5 Å². The minimum Gasteiger partial charge on any atom is -0.427 e. The Bertz CT molecular complexity index is 786. The van der Waals surface area contributed by atoms with E-state index in [1.54, 1.807) is 24.3 Å². The molecule has 0 fully saturated rings. The zero-order valence-corrected chi connectivity index (χ0v) is 13.7. The van der Waals surface area contributed by atoms with Crippen LogP contribution >= 0.6 is 11.6 Å². The molecule has 0 radical (unpaired) electrons. The first-order valence-corrected chi connectivity index (χ1v) is 7.31. The molecule has 0 saturated carbocycles. The van der Waals surface area contributed by atoms with E-state index < -0.39 is 17.8 Å². The summed E-state index contributed by atoms with van der Waals surface area (Å²) >= 11 is 5.90. The Labute approximate surface area is 143 Å². The number of halogens is 1. The van der Waals surface area contributed by atoms with Crippen molar-refractivity contribution in [3.8, 4) is 11.5 Å². The Morgan fingerprint density at radius 3 is 2.12 bits per heavy atom. The van der Waals surface area contributed by atoms with Gasteiger partial charge >= 0.3 is 11.9 Å². The fraction of sp³-hybridized carbons (Fsp3) is 0.118. The molecule has 0 aliphatic heterocycles. The summed E-state index contributed by atoms with van der Waals surface area (Å²) in [6.45, 7) is 2.54. The number of nitrogens with one attached hydrogen (secondary N) is 1. The Morgan fingerprint density at radius 2 is 1.54 bits per heavy atom. The van der Waals surface area contributed by atoms with Crippen LogP contribution in [0.25, 0.3) is 0 Å². The number of carbonyl (C=O) groups is 3. The smallest absolute Gasteiger partial charge is 0.308 e. The molecule has 2 rings (SSSR count). The zero-order chi connectivity index (χ0) is 17.7. The molecule has 1 N–H and O–H groups in total. The van der Waals surface area contributed by atoms with Crippen molar-refractivity contribution >= 4 is 35.1 Å². The van der Waals surface area contributed by atoms with Crippen molar-refractivity contribution < 1.29 is 23.9 Å². The minimum atomic E-state index is -0.544. The lowest BCUT2D eigenvalue weighted by atomic mass is 10.1. The first kappa shape index (κ1) is 17.5. The van der Waals surface area contributed by atoms with Gasteiger partial charge in [-0.1, -0.05) is 11.6 Å². The molecule has 7 heteroatoms. The van der Waals surface area contributed by atoms with E-state index in [2.05, 4.69) is 5.32 Å². The summed E-state index contributed by atoms with van der Waals surface area (Å²) in [5.74, 6) is -0.993. The molecule has 2 aromatic carbocycles. The second kappa shape index (κ2) is 7.61. The first-order chi connectivity index (χ1) is 11.3. The minimum absolute atomic E-state index is 0.112. The second-order valence-corrected chi connectivity index (χ2v) is 5.24. The summed E-state index contributed by atoms with van der Waals surface area (Å²) in [6.07, 6.45) is 0. The van der Waals surface area contributed by atoms with Gasteiger partial charge in [0.05, 0.1) is 5.56 Å². The predicted molar refractivity (Wildman–Crippen MR) is 88.5 cm³/mol. The Morgan fingerprint density at radius 1 is 0.917 bits per heavy atom. The topological polar surface area (TPSA) is 81.7 Å². The summed E-state index contributed by atoms with van der Waals surface area (Å²) in [6, 6.07) is 10.6. The Balaban J connectivity index is 2.18. The third kappa shape index (κ3) is 4.82. The molecule has 0 atom stereocenters. The maximum absolute atomic E-state index is 12.4. The Kier molecular flexibility index (Phi) is 5.55. The number of rotatable bonds is 4. The van der Waals surface area contributed by atoms with Crippen LogP contribution in [0.4, 0.5) is 5.69 Å². The number of carbonyl (C=O) groups excluding carboxylic acids is 3. The molecule has 0 spiro atoms. The molecular weight excluding hydrogens is 334 g/mol. The van der Waals surface area contributed by atoms with Gasteiger partial charge in [0.15, 0.2) is 0 Å². The van der Waals surface area contributed by atoms with Gasteiger partial charge in [-0.25, -0.2) is 0 Å². The van der Waals surface area contributed by atoms with Crippen LogP contribution < -0.4 is 14.8 Å². The molecule has 2 aromatic rings. The van der Waals surface area contributed by atoms with Gasteiger partial charge in [0.1, 0.15) is 11.5 Å². The highest BCUT2D eigenvalue weighted by Crippen LogP contribution is 2.25. The average Bonchev–Trinajstić information content (AvgIpc) is 2.50. The van der Waals surface area contributed by atoms with Gasteiger partial charge in [-0.15, -0.1) is 0 Å². The molecule has 0 saturated heterocycles. The van der Waals surface area contributed by atoms with E-state index >= 15 is 0 Å². The molecule has 0 heterocycles. The van der Waals surface area contributed by atoms with Crippen molar-refractivity contribution in [2.75, 3.05) is 5.32 Å². The van der Waals surface area contributed by atoms with Crippen LogP contribution in [-0.4, -0.2) is 17.8 Å². The van der Waals surface area contributed by atoms with Gasteiger partial charge in [0.25, 0.3) is 5.91 Å². The SMILES string of the molecule is CC(=O)Oc1ccc(NC(=O)c2cc(Cl)ccc2OC(C)=O)cc1. The quantitative estimate of drug-likeness (QED) is 0.676. The standard InChI is InChI=1S/C17H14ClNO5/c1-10(20)23-14-6-4-13(5-7-14)19-17(22)15-9-12(18)3-8-16(15)24-11(2)21/h3-9H,1-2H3,(H,19,22). The summed E-state index contributed by atoms with van der Waals surface area (Å²) in [4.78, 5) is 34.4. The number of esters is 2. The fourth-order valence-electron chi connectivity index (χ4n) is 1.89. The van der Waals surface area contributed by atoms with Crippen molar-refractivity contribution in [2.24, 2.45) is 0 Å². The highest BCUT2D eigenvalue weighted by molar-refractivity contribution is 6.31. The van der Waals surface area contributed by atoms with Gasteiger partial charge in [-0.2, -0.15) is 0 Å². The van der Waals surface area contributed by atoms with Crippen molar-refractivity contribution in [1.82, 2.24) is 0 Å². The largest absolute Gasteiger partial charge is 0.427 e. The number of hydrogen-bond acceptors (Lipinski definition) is 5. The van der Waals surface area contributed by atoms with Crippen LogP contribution in [0.3, 0.4) is 0 Å². The second-order valence-electron chi connectivity index (χ2n) is 4.81. The van der Waals surface area contributed by atoms with Crippen LogP contribution in [0.1, 0.15) is 24.2 Å². The third-order valence-electron chi connectivity index (χ3n) is 2.81. The number of anilines is 1. The van der Waals surface area contributed by atoms with Gasteiger partial charge in [0.2, 0.25) is 0 Å². The molecule has 124 valence electrons. The van der Waals surface area contributed by atoms with Gasteiger partial charge in [0, 0.05) is 24.6 Å². The normalized spacial score (nSPS) is 9.96. The molecule has 0 unspecified atom stereocenters. The van der Waals surface area contributed by atoms with Crippen molar-refractivity contribution in [1.29, 1.82) is 0 Å². The molecule has 0 aromatic heterocycles. The summed E-state index contributed by atoms with van der Waals surface area (Å²) in [5, 5.41) is 2.98. The number of hydrogen-bond donors (Lipinski definition) is 1. The molecule has 24 heavy (non-hydrogen) atoms. The maximum Gasteiger partial charge on any atom is 0.308 e. The molecule has 0 aliphatic rings. The lowest BCUT2D eigenvalue weighted by Crippen LogP contribution is -2.15. The zero-order valence-electron chi connectivity index (χ0n) is 13.0. The van der Waals surface area contributed by atoms with E-state index in [1.807, 2.05) is 0 Å². The van der Waals surface area contributed by atoms with Crippen LogP contribution in [0.15, 0.2) is 42.5 Å². The first-order valence-electron chi connectivity index (χ1n) is 6.93. The van der Waals surface area contributed by atoms with Crippen LogP contribution in [0.2, 0.25) is 5.02 Å². The fourth-order valence-corrected chi connectivity index (χ4v) is 2.07. The molecular formula is C17H14ClNO5. The monoisotopic (exact) mass is 347 g/mol. The van der Waals surface area contributed by atoms with E-state index in [9.17, 15) is 14.4 Å². The third-order valence-corrected chi connectivity index (χ3v) is 3.05. The van der Waals surface area contributed by atoms with E-state index in [-0.39, 0.29) is 11.3 Å². The van der Waals surface area contributed by atoms with E-state index in [0.29, 0.717) is 16.5 Å². The summed E-state index contributed by atoms with van der Waals surface area (Å²) in [7, 11) is 0. The summed E-state index contributed by atoms with van der Waals surface area (Å²) in [5.41, 5.74) is 0.603. The highest BCUT2D eigenvalue weighted by Gasteiger charge is 2.15. The van der Waals surface area contributed by atoms with E-state index in [4.69, 9.17) is 21.1 Å². The van der Waals surface area contributed by atoms with E-state index in [1.165, 1.54) is 32.0 Å². The van der Waals surface area contributed by atoms with Crippen LogP contribution in [0, 0.1) is 0 Å². The number of ether oxygens (including phenoxy) is 2. The van der Waals surface area contributed by atoms with Gasteiger partial charge in [-0.05, 0) is 42.5 Å². The Hall–Kier alpha value is -2.86. The van der Waals surface area contributed by atoms with Crippen molar-refractivity contribution in [3.05, 3.63) is 53.1 Å². The number of amides is 1.